The van der Waals surface area contributed by atoms with E-state index in [0.717, 1.165) is 16.8 Å². The maximum atomic E-state index is 5.47. The van der Waals surface area contributed by atoms with Crippen LogP contribution in [0.25, 0.3) is 0 Å². The Morgan fingerprint density at radius 1 is 1.50 bits per heavy atom. The summed E-state index contributed by atoms with van der Waals surface area (Å²) in [6, 6.07) is 1.73. The molecule has 10 heavy (non-hydrogen) atoms. The minimum atomic E-state index is -1.31. The summed E-state index contributed by atoms with van der Waals surface area (Å²) in [6.07, 6.45) is 1.60. The van der Waals surface area contributed by atoms with Gasteiger partial charge in [0.2, 0.25) is 3.12 Å². The van der Waals surface area contributed by atoms with Gasteiger partial charge in [-0.2, -0.15) is 5.10 Å². The highest BCUT2D eigenvalue weighted by Crippen LogP contribution is 2.42. The van der Waals surface area contributed by atoms with Crippen molar-refractivity contribution in [2.24, 2.45) is 0 Å². The van der Waals surface area contributed by atoms with Crippen LogP contribution in [0.5, 0.6) is 0 Å². The number of alkyl halides is 3. The smallest absolute Gasteiger partial charge is 0.243 e. The molecule has 0 saturated heterocycles. The predicted octanol–water partition coefficient (Wildman–Crippen LogP) is 2.83. The van der Waals surface area contributed by atoms with Crippen molar-refractivity contribution < 1.29 is 0 Å². The van der Waals surface area contributed by atoms with Crippen LogP contribution in [0.4, 0.5) is 0 Å². The molecule has 1 aromatic heterocycles. The van der Waals surface area contributed by atoms with E-state index < -0.39 is 3.12 Å². The van der Waals surface area contributed by atoms with Crippen LogP contribution < -0.4 is 0 Å². The van der Waals surface area contributed by atoms with Gasteiger partial charge in [0.05, 0.1) is 5.03 Å². The Balaban J connectivity index is 2.57. The number of nitrogens with one attached hydrogen (secondary N) is 1. The van der Waals surface area contributed by atoms with E-state index in [0.29, 0.717) is 0 Å². The molecule has 0 aromatic carbocycles. The van der Waals surface area contributed by atoms with Gasteiger partial charge in [-0.15, -0.1) is 0 Å². The fourth-order valence-corrected chi connectivity index (χ4v) is 1.65. The first-order valence-corrected chi connectivity index (χ1v) is 4.28. The highest BCUT2D eigenvalue weighted by molar-refractivity contribution is 8.04. The molecule has 2 nitrogen and oxygen atoms in total. The fourth-order valence-electron chi connectivity index (χ4n) is 0.425. The summed E-state index contributed by atoms with van der Waals surface area (Å²) < 4.78 is -1.31. The number of aromatic nitrogens is 2. The number of nitrogens with zero attached hydrogens (tertiary/aromatic N) is 1. The highest BCUT2D eigenvalue weighted by Gasteiger charge is 2.21. The molecule has 0 unspecified atom stereocenters. The summed E-state index contributed by atoms with van der Waals surface area (Å²) in [5.41, 5.74) is 0. The van der Waals surface area contributed by atoms with Crippen molar-refractivity contribution in [3.63, 3.8) is 0 Å². The van der Waals surface area contributed by atoms with Gasteiger partial charge in [0.25, 0.3) is 0 Å². The second-order valence-electron chi connectivity index (χ2n) is 1.47. The van der Waals surface area contributed by atoms with Crippen LogP contribution in [0.1, 0.15) is 0 Å². The molecule has 1 N–H and O–H groups in total. The SMILES string of the molecule is ClC(Cl)(Cl)Sc1ccn[nH]1. The van der Waals surface area contributed by atoms with Crippen molar-refractivity contribution in [1.29, 1.82) is 0 Å². The van der Waals surface area contributed by atoms with Crippen LogP contribution >= 0.6 is 46.6 Å². The van der Waals surface area contributed by atoms with Crippen LogP contribution in [0.2, 0.25) is 0 Å². The molecule has 1 rings (SSSR count). The average Bonchev–Trinajstić information content (AvgIpc) is 2.12. The lowest BCUT2D eigenvalue weighted by molar-refractivity contribution is 1.00. The van der Waals surface area contributed by atoms with Crippen molar-refractivity contribution >= 4 is 46.6 Å². The Morgan fingerprint density at radius 3 is 2.60 bits per heavy atom. The van der Waals surface area contributed by atoms with Crippen LogP contribution in [-0.2, 0) is 0 Å². The third-order valence-corrected chi connectivity index (χ3v) is 2.07. The van der Waals surface area contributed by atoms with Crippen molar-refractivity contribution in [3.8, 4) is 0 Å². The lowest BCUT2D eigenvalue weighted by Gasteiger charge is -2.06. The molecule has 56 valence electrons. The standard InChI is InChI=1S/C4H3Cl3N2S/c5-4(6,7)10-3-1-2-8-9-3/h1-2H,(H,8,9). The topological polar surface area (TPSA) is 28.7 Å². The van der Waals surface area contributed by atoms with E-state index >= 15 is 0 Å². The molecule has 0 radical (unpaired) electrons. The van der Waals surface area contributed by atoms with Crippen LogP contribution in [0.15, 0.2) is 17.3 Å². The van der Waals surface area contributed by atoms with Crippen molar-refractivity contribution in [1.82, 2.24) is 10.2 Å². The zero-order valence-corrected chi connectivity index (χ0v) is 7.73. The van der Waals surface area contributed by atoms with E-state index in [4.69, 9.17) is 34.8 Å². The summed E-state index contributed by atoms with van der Waals surface area (Å²) in [4.78, 5) is 0. The minimum absolute atomic E-state index is 0.736. The van der Waals surface area contributed by atoms with E-state index in [1.165, 1.54) is 0 Å². The summed E-state index contributed by atoms with van der Waals surface area (Å²) >= 11 is 17.5. The maximum Gasteiger partial charge on any atom is 0.243 e. The number of hydrogen-bond acceptors (Lipinski definition) is 2. The van der Waals surface area contributed by atoms with Gasteiger partial charge in [-0.3, -0.25) is 5.10 Å². The van der Waals surface area contributed by atoms with E-state index in [2.05, 4.69) is 10.2 Å². The van der Waals surface area contributed by atoms with Gasteiger partial charge in [0.15, 0.2) is 0 Å². The van der Waals surface area contributed by atoms with Crippen LogP contribution in [0, 0.1) is 0 Å². The monoisotopic (exact) mass is 216 g/mol. The van der Waals surface area contributed by atoms with Crippen molar-refractivity contribution in [2.45, 2.75) is 8.15 Å². The molecule has 6 heteroatoms. The minimum Gasteiger partial charge on any atom is -0.272 e. The molecule has 0 aliphatic carbocycles. The Bertz CT molecular complexity index is 193. The van der Waals surface area contributed by atoms with Gasteiger partial charge >= 0.3 is 0 Å². The summed E-state index contributed by atoms with van der Waals surface area (Å²) in [5, 5.41) is 7.07. The average molecular weight is 218 g/mol. The lowest BCUT2D eigenvalue weighted by atomic mass is 10.8. The number of thioether (sulfide) groups is 1. The van der Waals surface area contributed by atoms with Crippen molar-refractivity contribution in [2.75, 3.05) is 0 Å². The molecule has 0 fully saturated rings. The Kier molecular flexibility index (Phi) is 2.74. The van der Waals surface area contributed by atoms with E-state index in [-0.39, 0.29) is 0 Å². The number of H-pyrrole nitrogens is 1. The van der Waals surface area contributed by atoms with E-state index in [9.17, 15) is 0 Å². The zero-order chi connectivity index (χ0) is 7.61. The Hall–Kier alpha value is 0.430. The second kappa shape index (κ2) is 3.22. The molecular formula is C4H3Cl3N2S. The maximum absolute atomic E-state index is 5.47. The third kappa shape index (κ3) is 3.01. The van der Waals surface area contributed by atoms with Gasteiger partial charge in [0, 0.05) is 6.20 Å². The molecule has 0 spiro atoms. The van der Waals surface area contributed by atoms with E-state index in [1.54, 1.807) is 12.3 Å². The second-order valence-corrected chi connectivity index (χ2v) is 5.68. The quantitative estimate of drug-likeness (QED) is 0.579. The van der Waals surface area contributed by atoms with Gasteiger partial charge in [-0.25, -0.2) is 0 Å². The summed E-state index contributed by atoms with van der Waals surface area (Å²) in [5.74, 6) is 0. The van der Waals surface area contributed by atoms with Gasteiger partial charge < -0.3 is 0 Å². The molecule has 0 amide bonds. The first-order valence-electron chi connectivity index (χ1n) is 2.33. The van der Waals surface area contributed by atoms with Gasteiger partial charge in [-0.05, 0) is 6.07 Å². The van der Waals surface area contributed by atoms with Gasteiger partial charge in [0.1, 0.15) is 0 Å². The molecule has 1 heterocycles. The Morgan fingerprint density at radius 2 is 2.20 bits per heavy atom. The Labute approximate surface area is 77.2 Å². The molecule has 0 aliphatic heterocycles. The molecule has 0 aliphatic rings. The molecular weight excluding hydrogens is 214 g/mol. The fraction of sp³-hybridized carbons (Fsp3) is 0.250. The van der Waals surface area contributed by atoms with Crippen LogP contribution in [0.3, 0.4) is 0 Å². The summed E-state index contributed by atoms with van der Waals surface area (Å²) in [6.45, 7) is 0. The molecule has 1 aromatic rings. The third-order valence-electron chi connectivity index (χ3n) is 0.701. The largest absolute Gasteiger partial charge is 0.272 e. The molecule has 0 bridgehead atoms. The summed E-state index contributed by atoms with van der Waals surface area (Å²) in [7, 11) is 0. The van der Waals surface area contributed by atoms with Gasteiger partial charge in [-0.1, -0.05) is 46.6 Å². The lowest BCUT2D eigenvalue weighted by Crippen LogP contribution is -1.92. The number of hydrogen-bond donors (Lipinski definition) is 1. The zero-order valence-electron chi connectivity index (χ0n) is 4.64. The number of rotatable bonds is 1. The van der Waals surface area contributed by atoms with Crippen LogP contribution in [-0.4, -0.2) is 13.3 Å². The number of halogens is 3. The molecule has 0 atom stereocenters. The number of aromatic amines is 1. The normalized spacial score (nSPS) is 11.9. The van der Waals surface area contributed by atoms with Crippen molar-refractivity contribution in [3.05, 3.63) is 12.3 Å². The molecule has 0 saturated carbocycles. The van der Waals surface area contributed by atoms with E-state index in [1.807, 2.05) is 0 Å². The first kappa shape index (κ1) is 8.53. The first-order chi connectivity index (χ1) is 4.58. The predicted molar refractivity (Wildman–Crippen MR) is 44.7 cm³/mol. The highest BCUT2D eigenvalue weighted by atomic mass is 35.6.